The quantitative estimate of drug-likeness (QED) is 0.748. The molecule has 4 heteroatoms. The topological polar surface area (TPSA) is 12.9 Å². The highest BCUT2D eigenvalue weighted by atomic mass is 79.9. The van der Waals surface area contributed by atoms with Crippen LogP contribution in [0.3, 0.4) is 0 Å². The van der Waals surface area contributed by atoms with Crippen LogP contribution in [0.4, 0.5) is 0 Å². The highest BCUT2D eigenvalue weighted by molar-refractivity contribution is 9.10. The van der Waals surface area contributed by atoms with E-state index in [1.54, 1.807) is 11.3 Å². The van der Waals surface area contributed by atoms with Gasteiger partial charge in [0.05, 0.1) is 14.7 Å². The molecule has 3 rings (SSSR count). The lowest BCUT2D eigenvalue weighted by molar-refractivity contribution is 1.10. The van der Waals surface area contributed by atoms with Crippen molar-refractivity contribution in [2.45, 2.75) is 18.8 Å². The fraction of sp³-hybridized carbons (Fsp3) is 0.300. The van der Waals surface area contributed by atoms with E-state index in [0.29, 0.717) is 5.92 Å². The fourth-order valence-electron chi connectivity index (χ4n) is 1.48. The Kier molecular flexibility index (Phi) is 2.08. The number of fused-ring (bicyclic) bond motifs is 1. The summed E-state index contributed by atoms with van der Waals surface area (Å²) in [5.41, 5.74) is 0.960. The highest BCUT2D eigenvalue weighted by Gasteiger charge is 2.27. The highest BCUT2D eigenvalue weighted by Crippen LogP contribution is 2.44. The lowest BCUT2D eigenvalue weighted by Crippen LogP contribution is -1.75. The molecule has 1 aliphatic carbocycles. The molecule has 0 atom stereocenters. The molecule has 0 radical (unpaired) electrons. The van der Waals surface area contributed by atoms with Crippen LogP contribution in [0.2, 0.25) is 5.02 Å². The van der Waals surface area contributed by atoms with Crippen molar-refractivity contribution < 1.29 is 0 Å². The van der Waals surface area contributed by atoms with Crippen molar-refractivity contribution in [2.24, 2.45) is 0 Å². The van der Waals surface area contributed by atoms with Gasteiger partial charge in [0, 0.05) is 10.4 Å². The average molecular weight is 289 g/mol. The Morgan fingerprint density at radius 2 is 2.21 bits per heavy atom. The lowest BCUT2D eigenvalue weighted by Gasteiger charge is -1.92. The first-order valence-corrected chi connectivity index (χ1v) is 6.48. The first kappa shape index (κ1) is 9.13. The molecule has 0 amide bonds. The Labute approximate surface area is 99.2 Å². The minimum absolute atomic E-state index is 0.710. The van der Waals surface area contributed by atoms with Crippen LogP contribution in [0.25, 0.3) is 10.2 Å². The van der Waals surface area contributed by atoms with Crippen LogP contribution < -0.4 is 0 Å². The van der Waals surface area contributed by atoms with E-state index in [-0.39, 0.29) is 0 Å². The molecule has 0 unspecified atom stereocenters. The smallest absolute Gasteiger partial charge is 0.100 e. The minimum atomic E-state index is 0.710. The molecule has 0 spiro atoms. The third-order valence-electron chi connectivity index (χ3n) is 2.36. The van der Waals surface area contributed by atoms with E-state index in [2.05, 4.69) is 27.0 Å². The second-order valence-electron chi connectivity index (χ2n) is 3.56. The number of thiazole rings is 1. The van der Waals surface area contributed by atoms with Gasteiger partial charge in [-0.2, -0.15) is 0 Å². The second-order valence-corrected chi connectivity index (χ2v) is 5.95. The molecule has 0 N–H and O–H groups in total. The van der Waals surface area contributed by atoms with Gasteiger partial charge < -0.3 is 0 Å². The maximum atomic E-state index is 6.11. The zero-order valence-electron chi connectivity index (χ0n) is 7.26. The molecular formula is C10H7BrClNS. The molecule has 14 heavy (non-hydrogen) atoms. The summed E-state index contributed by atoms with van der Waals surface area (Å²) in [6.07, 6.45) is 2.58. The Hall–Kier alpha value is -0.120. The maximum Gasteiger partial charge on any atom is 0.100 e. The van der Waals surface area contributed by atoms with Gasteiger partial charge in [-0.05, 0) is 25.0 Å². The van der Waals surface area contributed by atoms with Crippen LogP contribution in [0, 0.1) is 0 Å². The molecule has 0 bridgehead atoms. The normalized spacial score (nSPS) is 16.4. The van der Waals surface area contributed by atoms with Crippen LogP contribution in [0.1, 0.15) is 23.8 Å². The molecule has 1 aromatic carbocycles. The van der Waals surface area contributed by atoms with E-state index in [9.17, 15) is 0 Å². The van der Waals surface area contributed by atoms with Gasteiger partial charge in [0.25, 0.3) is 0 Å². The number of nitrogens with zero attached hydrogens (tertiary/aromatic N) is 1. The number of hydrogen-bond acceptors (Lipinski definition) is 2. The van der Waals surface area contributed by atoms with E-state index in [0.717, 1.165) is 15.0 Å². The largest absolute Gasteiger partial charge is 0.239 e. The van der Waals surface area contributed by atoms with Crippen molar-refractivity contribution in [3.05, 3.63) is 26.6 Å². The zero-order valence-corrected chi connectivity index (χ0v) is 10.4. The van der Waals surface area contributed by atoms with Crippen LogP contribution in [0.5, 0.6) is 0 Å². The third kappa shape index (κ3) is 1.47. The van der Waals surface area contributed by atoms with E-state index < -0.39 is 0 Å². The summed E-state index contributed by atoms with van der Waals surface area (Å²) in [5, 5.41) is 2.00. The minimum Gasteiger partial charge on any atom is -0.239 e. The summed E-state index contributed by atoms with van der Waals surface area (Å²) in [4.78, 5) is 4.58. The van der Waals surface area contributed by atoms with Crippen molar-refractivity contribution in [3.8, 4) is 0 Å². The number of benzene rings is 1. The monoisotopic (exact) mass is 287 g/mol. The van der Waals surface area contributed by atoms with Gasteiger partial charge in [-0.25, -0.2) is 4.98 Å². The van der Waals surface area contributed by atoms with E-state index in [1.807, 2.05) is 6.07 Å². The summed E-state index contributed by atoms with van der Waals surface area (Å²) in [5.74, 6) is 0.710. The first-order valence-electron chi connectivity index (χ1n) is 4.49. The molecule has 1 saturated carbocycles. The molecule has 1 aromatic heterocycles. The van der Waals surface area contributed by atoms with Crippen molar-refractivity contribution in [1.29, 1.82) is 0 Å². The van der Waals surface area contributed by atoms with E-state index in [1.165, 1.54) is 22.5 Å². The van der Waals surface area contributed by atoms with Crippen molar-refractivity contribution in [1.82, 2.24) is 4.98 Å². The van der Waals surface area contributed by atoms with Crippen LogP contribution in [-0.4, -0.2) is 4.98 Å². The van der Waals surface area contributed by atoms with Gasteiger partial charge in [-0.1, -0.05) is 27.5 Å². The predicted octanol–water partition coefficient (Wildman–Crippen LogP) is 4.59. The standard InChI is InChI=1S/C10H7BrClNS/c11-6-3-7(12)9-8(4-6)14-10(13-9)5-1-2-5/h3-5H,1-2H2. The molecular weight excluding hydrogens is 282 g/mol. The number of rotatable bonds is 1. The molecule has 1 heterocycles. The Bertz CT molecular complexity index is 504. The van der Waals surface area contributed by atoms with E-state index in [4.69, 9.17) is 11.6 Å². The fourth-order valence-corrected chi connectivity index (χ4v) is 3.74. The zero-order chi connectivity index (χ0) is 9.71. The van der Waals surface area contributed by atoms with Gasteiger partial charge in [-0.3, -0.25) is 0 Å². The number of halogens is 2. The second kappa shape index (κ2) is 3.19. The van der Waals surface area contributed by atoms with Crippen LogP contribution in [-0.2, 0) is 0 Å². The Morgan fingerprint density at radius 1 is 1.43 bits per heavy atom. The summed E-state index contributed by atoms with van der Waals surface area (Å²) in [6, 6.07) is 3.99. The third-order valence-corrected chi connectivity index (χ3v) is 4.27. The van der Waals surface area contributed by atoms with Gasteiger partial charge >= 0.3 is 0 Å². The molecule has 1 aliphatic rings. The predicted molar refractivity (Wildman–Crippen MR) is 64.3 cm³/mol. The van der Waals surface area contributed by atoms with Gasteiger partial charge in [0.15, 0.2) is 0 Å². The number of hydrogen-bond donors (Lipinski definition) is 0. The van der Waals surface area contributed by atoms with Crippen molar-refractivity contribution in [3.63, 3.8) is 0 Å². The SMILES string of the molecule is Clc1cc(Br)cc2sc(C3CC3)nc12. The first-order chi connectivity index (χ1) is 6.74. The summed E-state index contributed by atoms with van der Waals surface area (Å²) in [7, 11) is 0. The molecule has 0 saturated heterocycles. The van der Waals surface area contributed by atoms with Crippen LogP contribution >= 0.6 is 38.9 Å². The molecule has 72 valence electrons. The summed E-state index contributed by atoms with van der Waals surface area (Å²) in [6.45, 7) is 0. The number of aromatic nitrogens is 1. The van der Waals surface area contributed by atoms with Gasteiger partial charge in [0.1, 0.15) is 5.52 Å². The summed E-state index contributed by atoms with van der Waals surface area (Å²) < 4.78 is 2.22. The lowest BCUT2D eigenvalue weighted by atomic mass is 10.3. The van der Waals surface area contributed by atoms with Crippen LogP contribution in [0.15, 0.2) is 16.6 Å². The van der Waals surface area contributed by atoms with Gasteiger partial charge in [0.2, 0.25) is 0 Å². The maximum absolute atomic E-state index is 6.11. The van der Waals surface area contributed by atoms with Crippen molar-refractivity contribution >= 4 is 49.1 Å². The molecule has 1 fully saturated rings. The molecule has 2 aromatic rings. The average Bonchev–Trinajstić information content (AvgIpc) is 2.87. The molecule has 0 aliphatic heterocycles. The Morgan fingerprint density at radius 3 is 2.93 bits per heavy atom. The van der Waals surface area contributed by atoms with Crippen molar-refractivity contribution in [2.75, 3.05) is 0 Å². The Balaban J connectivity index is 2.26. The summed E-state index contributed by atoms with van der Waals surface area (Å²) >= 11 is 11.3. The molecule has 1 nitrogen and oxygen atoms in total. The van der Waals surface area contributed by atoms with Gasteiger partial charge in [-0.15, -0.1) is 11.3 Å². The van der Waals surface area contributed by atoms with E-state index >= 15 is 0 Å².